The van der Waals surface area contributed by atoms with E-state index in [1.165, 1.54) is 32.4 Å². The minimum absolute atomic E-state index is 0.107. The molecule has 3 N–H and O–H groups in total. The lowest BCUT2D eigenvalue weighted by Gasteiger charge is -2.04. The maximum atomic E-state index is 12.1. The van der Waals surface area contributed by atoms with Gasteiger partial charge in [-0.1, -0.05) is 12.1 Å². The van der Waals surface area contributed by atoms with Gasteiger partial charge in [0.2, 0.25) is 5.88 Å². The molecule has 0 fully saturated rings. The molecule has 0 aliphatic heterocycles. The molecular formula is C15H14N2O6. The molecule has 0 aliphatic rings. The van der Waals surface area contributed by atoms with Crippen LogP contribution in [0.2, 0.25) is 0 Å². The molecule has 23 heavy (non-hydrogen) atoms. The van der Waals surface area contributed by atoms with Crippen LogP contribution in [0.15, 0.2) is 33.9 Å². The average Bonchev–Trinajstić information content (AvgIpc) is 2.51. The number of allylic oxidation sites excluding steroid dienone is 1. The number of nitrogens with one attached hydrogen (secondary N) is 1. The van der Waals surface area contributed by atoms with E-state index in [0.29, 0.717) is 5.56 Å². The number of ketones is 1. The monoisotopic (exact) mass is 318 g/mol. The molecule has 0 bridgehead atoms. The number of aromatic hydroxyl groups is 2. The fourth-order valence-electron chi connectivity index (χ4n) is 1.90. The Morgan fingerprint density at radius 1 is 1.30 bits per heavy atom. The maximum Gasteiger partial charge on any atom is 0.330 e. The molecule has 8 heteroatoms. The zero-order valence-corrected chi connectivity index (χ0v) is 12.4. The van der Waals surface area contributed by atoms with Crippen molar-refractivity contribution in [2.75, 3.05) is 7.11 Å². The van der Waals surface area contributed by atoms with Gasteiger partial charge in [-0.25, -0.2) is 4.79 Å². The van der Waals surface area contributed by atoms with E-state index in [1.54, 1.807) is 6.07 Å². The van der Waals surface area contributed by atoms with E-state index in [1.807, 2.05) is 4.98 Å². The van der Waals surface area contributed by atoms with Crippen LogP contribution in [0.1, 0.15) is 15.9 Å². The molecule has 0 atom stereocenters. The smallest absolute Gasteiger partial charge is 0.330 e. The summed E-state index contributed by atoms with van der Waals surface area (Å²) in [5.41, 5.74) is -1.86. The molecule has 1 aromatic carbocycles. The summed E-state index contributed by atoms with van der Waals surface area (Å²) < 4.78 is 5.65. The van der Waals surface area contributed by atoms with E-state index in [4.69, 9.17) is 4.74 Å². The first-order valence-electron chi connectivity index (χ1n) is 6.47. The Balaban J connectivity index is 2.36. The van der Waals surface area contributed by atoms with E-state index >= 15 is 0 Å². The van der Waals surface area contributed by atoms with Gasteiger partial charge in [-0.3, -0.25) is 19.1 Å². The molecule has 0 amide bonds. The fraction of sp³-hybridized carbons (Fsp3) is 0.133. The number of nitrogens with zero attached hydrogens (tertiary/aromatic N) is 1. The molecule has 120 valence electrons. The van der Waals surface area contributed by atoms with Crippen molar-refractivity contribution < 1.29 is 19.7 Å². The minimum Gasteiger partial charge on any atom is -0.504 e. The van der Waals surface area contributed by atoms with Gasteiger partial charge in [-0.15, -0.1) is 0 Å². The van der Waals surface area contributed by atoms with Crippen LogP contribution in [0.5, 0.6) is 17.4 Å². The first-order chi connectivity index (χ1) is 10.8. The Kier molecular flexibility index (Phi) is 4.35. The van der Waals surface area contributed by atoms with Crippen molar-refractivity contribution in [3.8, 4) is 17.4 Å². The van der Waals surface area contributed by atoms with Gasteiger partial charge in [0.1, 0.15) is 5.56 Å². The number of H-pyrrole nitrogens is 1. The predicted octanol–water partition coefficient (Wildman–Crippen LogP) is 0.390. The standard InChI is InChI=1S/C15H14N2O6/c1-17-14(21)12(13(20)16-15(17)22)9(18)5-3-8-4-6-11(23-2)10(19)7-8/h3-7,19,21H,1-2H3,(H,16,20,22). The molecule has 0 saturated carbocycles. The summed E-state index contributed by atoms with van der Waals surface area (Å²) in [6.07, 6.45) is 2.40. The number of aromatic amines is 1. The molecular weight excluding hydrogens is 304 g/mol. The second-order valence-electron chi connectivity index (χ2n) is 4.65. The number of ether oxygens (including phenoxy) is 1. The van der Waals surface area contributed by atoms with Crippen molar-refractivity contribution in [3.63, 3.8) is 0 Å². The Labute approximate surface area is 129 Å². The highest BCUT2D eigenvalue weighted by atomic mass is 16.5. The van der Waals surface area contributed by atoms with Crippen LogP contribution in [0.25, 0.3) is 6.08 Å². The molecule has 0 saturated heterocycles. The van der Waals surface area contributed by atoms with Crippen molar-refractivity contribution in [1.82, 2.24) is 9.55 Å². The van der Waals surface area contributed by atoms with Crippen LogP contribution < -0.4 is 16.0 Å². The van der Waals surface area contributed by atoms with Gasteiger partial charge in [0, 0.05) is 7.05 Å². The number of aromatic nitrogens is 2. The van der Waals surface area contributed by atoms with Gasteiger partial charge >= 0.3 is 5.69 Å². The number of phenols is 1. The predicted molar refractivity (Wildman–Crippen MR) is 82.0 cm³/mol. The summed E-state index contributed by atoms with van der Waals surface area (Å²) in [7, 11) is 2.62. The Hall–Kier alpha value is -3.29. The summed E-state index contributed by atoms with van der Waals surface area (Å²) in [5, 5.41) is 19.4. The van der Waals surface area contributed by atoms with Crippen LogP contribution >= 0.6 is 0 Å². The first kappa shape index (κ1) is 16.1. The summed E-state index contributed by atoms with van der Waals surface area (Å²) >= 11 is 0. The normalized spacial score (nSPS) is 10.9. The number of carbonyl (C=O) groups excluding carboxylic acids is 1. The highest BCUT2D eigenvalue weighted by molar-refractivity contribution is 6.08. The zero-order chi connectivity index (χ0) is 17.1. The molecule has 1 heterocycles. The van der Waals surface area contributed by atoms with E-state index in [-0.39, 0.29) is 11.5 Å². The number of hydrogen-bond donors (Lipinski definition) is 3. The summed E-state index contributed by atoms with van der Waals surface area (Å²) in [6.45, 7) is 0. The molecule has 0 aliphatic carbocycles. The van der Waals surface area contributed by atoms with Crippen molar-refractivity contribution in [2.24, 2.45) is 7.05 Å². The number of rotatable bonds is 4. The van der Waals surface area contributed by atoms with Crippen LogP contribution in [0.4, 0.5) is 0 Å². The third-order valence-corrected chi connectivity index (χ3v) is 3.17. The lowest BCUT2D eigenvalue weighted by molar-refractivity contribution is 0.104. The zero-order valence-electron chi connectivity index (χ0n) is 12.4. The Morgan fingerprint density at radius 3 is 2.61 bits per heavy atom. The molecule has 2 rings (SSSR count). The van der Waals surface area contributed by atoms with Gasteiger partial charge in [0.15, 0.2) is 17.3 Å². The van der Waals surface area contributed by atoms with Crippen molar-refractivity contribution in [3.05, 3.63) is 56.2 Å². The highest BCUT2D eigenvalue weighted by Gasteiger charge is 2.17. The van der Waals surface area contributed by atoms with Crippen LogP contribution in [-0.4, -0.2) is 32.7 Å². The number of methoxy groups -OCH3 is 1. The fourth-order valence-corrected chi connectivity index (χ4v) is 1.90. The number of phenolic OH excluding ortho intramolecular Hbond substituents is 1. The van der Waals surface area contributed by atoms with E-state index in [2.05, 4.69) is 0 Å². The first-order valence-corrected chi connectivity index (χ1v) is 6.47. The second kappa shape index (κ2) is 6.22. The van der Waals surface area contributed by atoms with Crippen LogP contribution in [0, 0.1) is 0 Å². The van der Waals surface area contributed by atoms with Gasteiger partial charge in [-0.05, 0) is 23.8 Å². The van der Waals surface area contributed by atoms with Crippen molar-refractivity contribution in [1.29, 1.82) is 0 Å². The van der Waals surface area contributed by atoms with Gasteiger partial charge in [-0.2, -0.15) is 0 Å². The molecule has 8 nitrogen and oxygen atoms in total. The van der Waals surface area contributed by atoms with Crippen LogP contribution in [0.3, 0.4) is 0 Å². The minimum atomic E-state index is -0.974. The quantitative estimate of drug-likeness (QED) is 0.554. The van der Waals surface area contributed by atoms with Crippen LogP contribution in [-0.2, 0) is 7.05 Å². The molecule has 0 unspecified atom stereocenters. The largest absolute Gasteiger partial charge is 0.504 e. The van der Waals surface area contributed by atoms with Gasteiger partial charge in [0.25, 0.3) is 5.56 Å². The summed E-state index contributed by atoms with van der Waals surface area (Å²) in [6, 6.07) is 4.47. The number of carbonyl (C=O) groups is 1. The topological polar surface area (TPSA) is 122 Å². The molecule has 0 radical (unpaired) electrons. The number of hydrogen-bond acceptors (Lipinski definition) is 6. The molecule has 0 spiro atoms. The maximum absolute atomic E-state index is 12.1. The van der Waals surface area contributed by atoms with Gasteiger partial charge < -0.3 is 14.9 Å². The SMILES string of the molecule is COc1ccc(C=CC(=O)c2c(O)n(C)c(=O)[nH]c2=O)cc1O. The lowest BCUT2D eigenvalue weighted by Crippen LogP contribution is -2.32. The van der Waals surface area contributed by atoms with Crippen molar-refractivity contribution >= 4 is 11.9 Å². The van der Waals surface area contributed by atoms with E-state index in [9.17, 15) is 24.6 Å². The molecule has 1 aromatic heterocycles. The summed E-state index contributed by atoms with van der Waals surface area (Å²) in [4.78, 5) is 36.9. The van der Waals surface area contributed by atoms with E-state index < -0.39 is 28.5 Å². The van der Waals surface area contributed by atoms with E-state index in [0.717, 1.165) is 10.6 Å². The Bertz CT molecular complexity index is 907. The summed E-state index contributed by atoms with van der Waals surface area (Å²) in [5.74, 6) is -1.33. The molecule has 2 aromatic rings. The third kappa shape index (κ3) is 3.15. The third-order valence-electron chi connectivity index (χ3n) is 3.17. The Morgan fingerprint density at radius 2 is 2.00 bits per heavy atom. The van der Waals surface area contributed by atoms with Crippen molar-refractivity contribution in [2.45, 2.75) is 0 Å². The highest BCUT2D eigenvalue weighted by Crippen LogP contribution is 2.26. The van der Waals surface area contributed by atoms with Gasteiger partial charge in [0.05, 0.1) is 7.11 Å². The average molecular weight is 318 g/mol. The lowest BCUT2D eigenvalue weighted by atomic mass is 10.1. The second-order valence-corrected chi connectivity index (χ2v) is 4.65. The number of benzene rings is 1.